The summed E-state index contributed by atoms with van der Waals surface area (Å²) >= 11 is 0. The van der Waals surface area contributed by atoms with Gasteiger partial charge in [0.1, 0.15) is 5.52 Å². The molecule has 2 aromatic heterocycles. The molecule has 4 rings (SSSR count). The first-order valence-corrected chi connectivity index (χ1v) is 8.23. The lowest BCUT2D eigenvalue weighted by Crippen LogP contribution is -2.25. The third kappa shape index (κ3) is 3.01. The number of hydrogen-bond acceptors (Lipinski definition) is 8. The van der Waals surface area contributed by atoms with E-state index in [-0.39, 0.29) is 23.0 Å². The van der Waals surface area contributed by atoms with E-state index in [1.165, 1.54) is 24.0 Å². The number of hydrogen-bond donors (Lipinski definition) is 2. The van der Waals surface area contributed by atoms with Gasteiger partial charge < -0.3 is 15.2 Å². The first-order chi connectivity index (χ1) is 13.0. The quantitative estimate of drug-likeness (QED) is 0.676. The molecule has 138 valence electrons. The number of carbonyl (C=O) groups excluding carboxylic acids is 1. The lowest BCUT2D eigenvalue weighted by molar-refractivity contribution is 0.102. The SMILES string of the molecule is Cn1c(NC(=O)c2cnc(N)nc2)nc2c3c(ccc2c1=O)OCCCO3. The molecule has 3 N–H and O–H groups in total. The van der Waals surface area contributed by atoms with Crippen molar-refractivity contribution in [3.8, 4) is 11.5 Å². The van der Waals surface area contributed by atoms with Crippen LogP contribution < -0.4 is 26.1 Å². The van der Waals surface area contributed by atoms with Crippen molar-refractivity contribution in [2.75, 3.05) is 24.3 Å². The summed E-state index contributed by atoms with van der Waals surface area (Å²) in [6.45, 7) is 0.970. The second kappa shape index (κ2) is 6.56. The molecule has 0 unspecified atom stereocenters. The second-order valence-corrected chi connectivity index (χ2v) is 5.92. The molecular weight excluding hydrogens is 352 g/mol. The normalized spacial score (nSPS) is 13.2. The smallest absolute Gasteiger partial charge is 0.262 e. The monoisotopic (exact) mass is 368 g/mol. The lowest BCUT2D eigenvalue weighted by atomic mass is 10.2. The Labute approximate surface area is 153 Å². The summed E-state index contributed by atoms with van der Waals surface area (Å²) in [5.41, 5.74) is 5.63. The summed E-state index contributed by atoms with van der Waals surface area (Å²) in [6, 6.07) is 3.33. The predicted molar refractivity (Wildman–Crippen MR) is 97.0 cm³/mol. The Morgan fingerprint density at radius 3 is 2.74 bits per heavy atom. The minimum atomic E-state index is -0.518. The van der Waals surface area contributed by atoms with E-state index in [0.29, 0.717) is 35.6 Å². The summed E-state index contributed by atoms with van der Waals surface area (Å²) in [4.78, 5) is 37.1. The summed E-state index contributed by atoms with van der Waals surface area (Å²) in [5, 5.41) is 2.97. The highest BCUT2D eigenvalue weighted by Gasteiger charge is 2.20. The molecule has 3 aromatic rings. The van der Waals surface area contributed by atoms with Gasteiger partial charge in [0.25, 0.3) is 11.5 Å². The van der Waals surface area contributed by atoms with E-state index in [9.17, 15) is 9.59 Å². The van der Waals surface area contributed by atoms with E-state index < -0.39 is 5.91 Å². The molecule has 0 radical (unpaired) electrons. The van der Waals surface area contributed by atoms with Crippen LogP contribution in [0.25, 0.3) is 10.9 Å². The molecule has 1 amide bonds. The molecule has 0 saturated carbocycles. The number of aromatic nitrogens is 4. The summed E-state index contributed by atoms with van der Waals surface area (Å²) in [6.07, 6.45) is 3.31. The van der Waals surface area contributed by atoms with Gasteiger partial charge in [0.15, 0.2) is 11.5 Å². The standard InChI is InChI=1S/C17H16N6O4/c1-23-15(25)10-3-4-11-13(27-6-2-5-26-11)12(10)21-17(23)22-14(24)9-7-19-16(18)20-8-9/h3-4,7-8H,2,5-6H2,1H3,(H2,18,19,20)(H,21,22,24). The third-order valence-corrected chi connectivity index (χ3v) is 4.12. The molecule has 0 spiro atoms. The fourth-order valence-corrected chi connectivity index (χ4v) is 2.70. The molecule has 0 saturated heterocycles. The summed E-state index contributed by atoms with van der Waals surface area (Å²) in [5.74, 6) is 0.521. The number of anilines is 2. The maximum Gasteiger partial charge on any atom is 0.262 e. The highest BCUT2D eigenvalue weighted by molar-refractivity contribution is 6.03. The molecule has 27 heavy (non-hydrogen) atoms. The van der Waals surface area contributed by atoms with Crippen LogP contribution in [0.3, 0.4) is 0 Å². The van der Waals surface area contributed by atoms with Crippen molar-refractivity contribution >= 4 is 28.7 Å². The molecule has 1 aromatic carbocycles. The number of nitrogens with one attached hydrogen (secondary N) is 1. The Balaban J connectivity index is 1.79. The zero-order chi connectivity index (χ0) is 19.0. The molecule has 0 bridgehead atoms. The van der Waals surface area contributed by atoms with Crippen molar-refractivity contribution < 1.29 is 14.3 Å². The molecule has 0 atom stereocenters. The maximum atomic E-state index is 12.7. The zero-order valence-corrected chi connectivity index (χ0v) is 14.4. The molecule has 10 nitrogen and oxygen atoms in total. The second-order valence-electron chi connectivity index (χ2n) is 5.92. The first-order valence-electron chi connectivity index (χ1n) is 8.23. The van der Waals surface area contributed by atoms with Crippen LogP contribution in [0.2, 0.25) is 0 Å². The van der Waals surface area contributed by atoms with Crippen molar-refractivity contribution in [3.05, 3.63) is 40.4 Å². The van der Waals surface area contributed by atoms with Crippen molar-refractivity contribution in [2.24, 2.45) is 7.05 Å². The van der Waals surface area contributed by atoms with Crippen LogP contribution in [0, 0.1) is 0 Å². The molecule has 1 aliphatic rings. The predicted octanol–water partition coefficient (Wildman–Crippen LogP) is 0.719. The highest BCUT2D eigenvalue weighted by Crippen LogP contribution is 2.35. The number of amides is 1. The Bertz CT molecular complexity index is 1090. The van der Waals surface area contributed by atoms with E-state index in [2.05, 4.69) is 20.3 Å². The van der Waals surface area contributed by atoms with Crippen LogP contribution >= 0.6 is 0 Å². The number of nitrogen functional groups attached to an aromatic ring is 1. The Morgan fingerprint density at radius 2 is 1.96 bits per heavy atom. The van der Waals surface area contributed by atoms with Gasteiger partial charge >= 0.3 is 0 Å². The Hall–Kier alpha value is -3.69. The van der Waals surface area contributed by atoms with Gasteiger partial charge in [0.2, 0.25) is 11.9 Å². The van der Waals surface area contributed by atoms with E-state index in [1.807, 2.05) is 0 Å². The van der Waals surface area contributed by atoms with Gasteiger partial charge in [-0.3, -0.25) is 19.5 Å². The molecule has 1 aliphatic heterocycles. The van der Waals surface area contributed by atoms with E-state index >= 15 is 0 Å². The van der Waals surface area contributed by atoms with Crippen LogP contribution in [0.15, 0.2) is 29.3 Å². The van der Waals surface area contributed by atoms with Gasteiger partial charge in [-0.15, -0.1) is 0 Å². The first kappa shape index (κ1) is 16.8. The van der Waals surface area contributed by atoms with Crippen molar-refractivity contribution in [1.82, 2.24) is 19.5 Å². The largest absolute Gasteiger partial charge is 0.489 e. The number of nitrogens with zero attached hydrogens (tertiary/aromatic N) is 4. The van der Waals surface area contributed by atoms with Crippen LogP contribution in [0.4, 0.5) is 11.9 Å². The number of nitrogens with two attached hydrogens (primary N) is 1. The lowest BCUT2D eigenvalue weighted by Gasteiger charge is -2.13. The summed E-state index contributed by atoms with van der Waals surface area (Å²) in [7, 11) is 1.52. The van der Waals surface area contributed by atoms with Crippen molar-refractivity contribution in [1.29, 1.82) is 0 Å². The number of benzene rings is 1. The van der Waals surface area contributed by atoms with Crippen molar-refractivity contribution in [2.45, 2.75) is 6.42 Å². The van der Waals surface area contributed by atoms with Gasteiger partial charge in [0, 0.05) is 25.9 Å². The Morgan fingerprint density at radius 1 is 1.22 bits per heavy atom. The fourth-order valence-electron chi connectivity index (χ4n) is 2.70. The molecule has 0 fully saturated rings. The molecule has 0 aliphatic carbocycles. The zero-order valence-electron chi connectivity index (χ0n) is 14.4. The summed E-state index contributed by atoms with van der Waals surface area (Å²) < 4.78 is 12.6. The van der Waals surface area contributed by atoms with E-state index in [0.717, 1.165) is 6.42 Å². The van der Waals surface area contributed by atoms with Crippen LogP contribution in [-0.4, -0.2) is 38.6 Å². The van der Waals surface area contributed by atoms with Gasteiger partial charge in [-0.05, 0) is 12.1 Å². The van der Waals surface area contributed by atoms with E-state index in [1.54, 1.807) is 12.1 Å². The van der Waals surface area contributed by atoms with Crippen LogP contribution in [-0.2, 0) is 7.05 Å². The van der Waals surface area contributed by atoms with Crippen LogP contribution in [0.5, 0.6) is 11.5 Å². The third-order valence-electron chi connectivity index (χ3n) is 4.12. The topological polar surface area (TPSA) is 134 Å². The number of fused-ring (bicyclic) bond motifs is 3. The molecular formula is C17H16N6O4. The molecule has 10 heteroatoms. The van der Waals surface area contributed by atoms with Gasteiger partial charge in [-0.25, -0.2) is 15.0 Å². The Kier molecular flexibility index (Phi) is 4.07. The number of carbonyl (C=O) groups is 1. The average Bonchev–Trinajstić information content (AvgIpc) is 2.92. The maximum absolute atomic E-state index is 12.7. The van der Waals surface area contributed by atoms with Crippen molar-refractivity contribution in [3.63, 3.8) is 0 Å². The fraction of sp³-hybridized carbons (Fsp3) is 0.235. The van der Waals surface area contributed by atoms with Gasteiger partial charge in [-0.1, -0.05) is 0 Å². The minimum absolute atomic E-state index is 0.0580. The number of rotatable bonds is 2. The van der Waals surface area contributed by atoms with Gasteiger partial charge in [-0.2, -0.15) is 0 Å². The number of ether oxygens (including phenoxy) is 2. The average molecular weight is 368 g/mol. The van der Waals surface area contributed by atoms with Gasteiger partial charge in [0.05, 0.1) is 24.2 Å². The van der Waals surface area contributed by atoms with Crippen LogP contribution in [0.1, 0.15) is 16.8 Å². The molecule has 3 heterocycles. The minimum Gasteiger partial charge on any atom is -0.489 e. The highest BCUT2D eigenvalue weighted by atomic mass is 16.5. The van der Waals surface area contributed by atoms with E-state index in [4.69, 9.17) is 15.2 Å².